The highest BCUT2D eigenvalue weighted by atomic mass is 16.6. The monoisotopic (exact) mass is 289 g/mol. The second-order valence-electron chi connectivity index (χ2n) is 4.05. The normalized spacial score (nSPS) is 10.1. The number of nitriles is 1. The Hall–Kier alpha value is -3.22. The summed E-state index contributed by atoms with van der Waals surface area (Å²) in [6.45, 7) is 2.01. The van der Waals surface area contributed by atoms with Gasteiger partial charge in [0.15, 0.2) is 0 Å². The molecule has 0 saturated carbocycles. The van der Waals surface area contributed by atoms with E-state index in [1.807, 2.05) is 6.07 Å². The van der Waals surface area contributed by atoms with E-state index in [1.165, 1.54) is 15.6 Å². The van der Waals surface area contributed by atoms with Crippen molar-refractivity contribution in [2.45, 2.75) is 13.5 Å². The fourth-order valence-corrected chi connectivity index (χ4v) is 1.82. The topological polar surface area (TPSA) is 132 Å². The Kier molecular flexibility index (Phi) is 3.66. The van der Waals surface area contributed by atoms with Gasteiger partial charge in [-0.1, -0.05) is 0 Å². The van der Waals surface area contributed by atoms with Crippen LogP contribution in [0.15, 0.2) is 12.4 Å². The van der Waals surface area contributed by atoms with Crippen LogP contribution in [-0.4, -0.2) is 30.4 Å². The third-order valence-electron chi connectivity index (χ3n) is 2.82. The van der Waals surface area contributed by atoms with Gasteiger partial charge in [0.25, 0.3) is 5.91 Å². The van der Waals surface area contributed by atoms with Crippen LogP contribution < -0.4 is 5.32 Å². The lowest BCUT2D eigenvalue weighted by Crippen LogP contribution is -2.20. The molecule has 10 heteroatoms. The van der Waals surface area contributed by atoms with E-state index in [1.54, 1.807) is 14.0 Å². The van der Waals surface area contributed by atoms with Gasteiger partial charge in [0.1, 0.15) is 23.6 Å². The minimum atomic E-state index is -0.721. The van der Waals surface area contributed by atoms with E-state index >= 15 is 0 Å². The van der Waals surface area contributed by atoms with E-state index in [2.05, 4.69) is 15.5 Å². The van der Waals surface area contributed by atoms with Gasteiger partial charge in [0, 0.05) is 13.6 Å². The fourth-order valence-electron chi connectivity index (χ4n) is 1.82. The summed E-state index contributed by atoms with van der Waals surface area (Å²) in [5.74, 6) is -0.554. The van der Waals surface area contributed by atoms with Crippen LogP contribution in [-0.2, 0) is 13.6 Å². The molecule has 108 valence electrons. The van der Waals surface area contributed by atoms with Gasteiger partial charge in [-0.05, 0) is 6.92 Å². The SMILES string of the molecule is CCn1ncc([N+](=O)[O-])c1C(=O)Nc1c(C#N)cnn1C. The van der Waals surface area contributed by atoms with E-state index in [-0.39, 0.29) is 17.1 Å². The molecule has 10 nitrogen and oxygen atoms in total. The van der Waals surface area contributed by atoms with Gasteiger partial charge in [-0.3, -0.25) is 24.3 Å². The van der Waals surface area contributed by atoms with E-state index in [0.29, 0.717) is 6.54 Å². The van der Waals surface area contributed by atoms with Crippen molar-refractivity contribution in [3.8, 4) is 6.07 Å². The van der Waals surface area contributed by atoms with Crippen LogP contribution in [0.1, 0.15) is 23.0 Å². The van der Waals surface area contributed by atoms with Gasteiger partial charge in [-0.15, -0.1) is 0 Å². The minimum Gasteiger partial charge on any atom is -0.304 e. The maximum atomic E-state index is 12.3. The van der Waals surface area contributed by atoms with E-state index in [9.17, 15) is 14.9 Å². The lowest BCUT2D eigenvalue weighted by Gasteiger charge is -2.07. The van der Waals surface area contributed by atoms with Gasteiger partial charge in [-0.25, -0.2) is 0 Å². The highest BCUT2D eigenvalue weighted by Gasteiger charge is 2.27. The summed E-state index contributed by atoms with van der Waals surface area (Å²) < 4.78 is 2.52. The third-order valence-corrected chi connectivity index (χ3v) is 2.82. The number of nitrogens with one attached hydrogen (secondary N) is 1. The maximum Gasteiger partial charge on any atom is 0.320 e. The standard InChI is InChI=1S/C11H11N7O3/c1-3-17-9(8(6-14-17)18(20)21)11(19)15-10-7(4-12)5-13-16(10)2/h5-6H,3H2,1-2H3,(H,15,19). The number of nitrogens with zero attached hydrogens (tertiary/aromatic N) is 6. The number of hydrogen-bond donors (Lipinski definition) is 1. The number of hydrogen-bond acceptors (Lipinski definition) is 6. The molecule has 0 aliphatic heterocycles. The van der Waals surface area contributed by atoms with Gasteiger partial charge < -0.3 is 5.32 Å². The van der Waals surface area contributed by atoms with Crippen LogP contribution in [0.25, 0.3) is 0 Å². The summed E-state index contributed by atoms with van der Waals surface area (Å²) in [7, 11) is 1.54. The molecule has 0 aliphatic carbocycles. The molecule has 0 spiro atoms. The fraction of sp³-hybridized carbons (Fsp3) is 0.273. The van der Waals surface area contributed by atoms with Crippen LogP contribution in [0.4, 0.5) is 11.5 Å². The Morgan fingerprint density at radius 2 is 2.24 bits per heavy atom. The molecule has 0 radical (unpaired) electrons. The zero-order valence-electron chi connectivity index (χ0n) is 11.3. The summed E-state index contributed by atoms with van der Waals surface area (Å²) >= 11 is 0. The summed E-state index contributed by atoms with van der Waals surface area (Å²) in [4.78, 5) is 22.5. The summed E-state index contributed by atoms with van der Waals surface area (Å²) in [5, 5.41) is 30.0. The van der Waals surface area contributed by atoms with Crippen molar-refractivity contribution in [1.29, 1.82) is 5.26 Å². The maximum absolute atomic E-state index is 12.3. The Balaban J connectivity index is 2.41. The second-order valence-corrected chi connectivity index (χ2v) is 4.05. The van der Waals surface area contributed by atoms with E-state index in [0.717, 1.165) is 6.20 Å². The largest absolute Gasteiger partial charge is 0.320 e. The molecule has 0 atom stereocenters. The van der Waals surface area contributed by atoms with Crippen molar-refractivity contribution in [1.82, 2.24) is 19.6 Å². The summed E-state index contributed by atoms with van der Waals surface area (Å²) in [5.41, 5.74) is -0.404. The molecule has 2 rings (SSSR count). The number of amides is 1. The molecule has 0 fully saturated rings. The quantitative estimate of drug-likeness (QED) is 0.649. The summed E-state index contributed by atoms with van der Waals surface area (Å²) in [6.07, 6.45) is 2.31. The summed E-state index contributed by atoms with van der Waals surface area (Å²) in [6, 6.07) is 1.88. The molecule has 0 saturated heterocycles. The molecule has 0 unspecified atom stereocenters. The number of nitro groups is 1. The first kappa shape index (κ1) is 14.2. The van der Waals surface area contributed by atoms with Crippen molar-refractivity contribution in [2.75, 3.05) is 5.32 Å². The smallest absolute Gasteiger partial charge is 0.304 e. The predicted octanol–water partition coefficient (Wildman–Crippen LogP) is 0.669. The van der Waals surface area contributed by atoms with Crippen molar-refractivity contribution in [3.63, 3.8) is 0 Å². The molecule has 1 amide bonds. The van der Waals surface area contributed by atoms with Crippen molar-refractivity contribution in [3.05, 3.63) is 33.8 Å². The molecule has 0 aliphatic rings. The van der Waals surface area contributed by atoms with Crippen molar-refractivity contribution >= 4 is 17.4 Å². The molecule has 2 aromatic rings. The zero-order valence-corrected chi connectivity index (χ0v) is 11.3. The van der Waals surface area contributed by atoms with Gasteiger partial charge in [0.2, 0.25) is 5.69 Å². The molecule has 0 bridgehead atoms. The first-order chi connectivity index (χ1) is 9.99. The number of anilines is 1. The third kappa shape index (κ3) is 2.44. The highest BCUT2D eigenvalue weighted by molar-refractivity contribution is 6.05. The Labute approximate surface area is 118 Å². The van der Waals surface area contributed by atoms with Crippen LogP contribution >= 0.6 is 0 Å². The van der Waals surface area contributed by atoms with E-state index in [4.69, 9.17) is 5.26 Å². The predicted molar refractivity (Wildman–Crippen MR) is 70.4 cm³/mol. The van der Waals surface area contributed by atoms with Crippen LogP contribution in [0.2, 0.25) is 0 Å². The van der Waals surface area contributed by atoms with Gasteiger partial charge in [-0.2, -0.15) is 15.5 Å². The average Bonchev–Trinajstić information content (AvgIpc) is 3.03. The van der Waals surface area contributed by atoms with E-state index < -0.39 is 16.5 Å². The number of carbonyl (C=O) groups excluding carboxylic acids is 1. The Morgan fingerprint density at radius 1 is 1.52 bits per heavy atom. The minimum absolute atomic E-state index is 0.163. The van der Waals surface area contributed by atoms with Crippen molar-refractivity contribution in [2.24, 2.45) is 7.05 Å². The van der Waals surface area contributed by atoms with Crippen LogP contribution in [0.3, 0.4) is 0 Å². The Bertz CT molecular complexity index is 752. The number of rotatable bonds is 4. The number of aryl methyl sites for hydroxylation is 2. The number of carbonyl (C=O) groups is 1. The van der Waals surface area contributed by atoms with Crippen LogP contribution in [0.5, 0.6) is 0 Å². The van der Waals surface area contributed by atoms with Crippen molar-refractivity contribution < 1.29 is 9.72 Å². The second kappa shape index (κ2) is 5.41. The molecule has 2 aromatic heterocycles. The lowest BCUT2D eigenvalue weighted by molar-refractivity contribution is -0.385. The number of aromatic nitrogens is 4. The van der Waals surface area contributed by atoms with Crippen LogP contribution in [0, 0.1) is 21.4 Å². The molecule has 1 N–H and O–H groups in total. The van der Waals surface area contributed by atoms with Gasteiger partial charge >= 0.3 is 5.69 Å². The molecule has 2 heterocycles. The molecule has 21 heavy (non-hydrogen) atoms. The first-order valence-electron chi connectivity index (χ1n) is 5.93. The van der Waals surface area contributed by atoms with Gasteiger partial charge in [0.05, 0.1) is 11.1 Å². The lowest BCUT2D eigenvalue weighted by atomic mass is 10.3. The Morgan fingerprint density at radius 3 is 2.81 bits per heavy atom. The molecular weight excluding hydrogens is 278 g/mol. The average molecular weight is 289 g/mol. The molecule has 0 aromatic carbocycles. The first-order valence-corrected chi connectivity index (χ1v) is 5.93. The highest BCUT2D eigenvalue weighted by Crippen LogP contribution is 2.20. The zero-order chi connectivity index (χ0) is 15.6. The molecular formula is C11H11N7O3.